The quantitative estimate of drug-likeness (QED) is 0.697. The molecule has 3 aromatic rings. The first kappa shape index (κ1) is 12.3. The largest absolute Gasteiger partial charge is 0.396 e. The summed E-state index contributed by atoms with van der Waals surface area (Å²) in [6.07, 6.45) is 1.91. The first-order valence-electron chi connectivity index (χ1n) is 5.62. The molecule has 0 saturated carbocycles. The molecule has 1 aromatic carbocycles. The van der Waals surface area contributed by atoms with Crippen molar-refractivity contribution in [2.75, 3.05) is 5.73 Å². The molecular formula is C13H10Cl2N4. The van der Waals surface area contributed by atoms with Crippen LogP contribution < -0.4 is 5.73 Å². The molecule has 0 fully saturated rings. The van der Waals surface area contributed by atoms with Crippen molar-refractivity contribution >= 4 is 34.5 Å². The molecule has 0 saturated heterocycles. The van der Waals surface area contributed by atoms with Gasteiger partial charge in [-0.25, -0.2) is 0 Å². The Bertz CT molecular complexity index is 756. The van der Waals surface area contributed by atoms with E-state index in [-0.39, 0.29) is 0 Å². The van der Waals surface area contributed by atoms with Crippen molar-refractivity contribution in [3.8, 4) is 11.4 Å². The van der Waals surface area contributed by atoms with Crippen LogP contribution in [0.4, 0.5) is 5.69 Å². The summed E-state index contributed by atoms with van der Waals surface area (Å²) in [5.74, 6) is 0.679. The molecule has 2 N–H and O–H groups in total. The van der Waals surface area contributed by atoms with Crippen LogP contribution in [-0.2, 0) is 0 Å². The van der Waals surface area contributed by atoms with E-state index in [1.165, 1.54) is 0 Å². The monoisotopic (exact) mass is 292 g/mol. The molecule has 2 heterocycles. The molecule has 0 atom stereocenters. The maximum absolute atomic E-state index is 6.05. The number of aryl methyl sites for hydroxylation is 1. The van der Waals surface area contributed by atoms with Gasteiger partial charge in [0.15, 0.2) is 11.5 Å². The number of pyridine rings is 1. The number of rotatable bonds is 1. The fourth-order valence-corrected chi connectivity index (χ4v) is 2.39. The predicted molar refractivity (Wildman–Crippen MR) is 77.6 cm³/mol. The number of anilines is 1. The van der Waals surface area contributed by atoms with Gasteiger partial charge in [-0.05, 0) is 36.8 Å². The molecule has 3 rings (SSSR count). The van der Waals surface area contributed by atoms with Crippen LogP contribution in [0.1, 0.15) is 5.56 Å². The number of nitrogens with zero attached hydrogens (tertiary/aromatic N) is 3. The Kier molecular flexibility index (Phi) is 2.84. The van der Waals surface area contributed by atoms with Crippen LogP contribution in [-0.4, -0.2) is 14.6 Å². The van der Waals surface area contributed by atoms with Gasteiger partial charge >= 0.3 is 0 Å². The lowest BCUT2D eigenvalue weighted by molar-refractivity contribution is 1.11. The van der Waals surface area contributed by atoms with Gasteiger partial charge in [0.1, 0.15) is 0 Å². The summed E-state index contributed by atoms with van der Waals surface area (Å²) < 4.78 is 1.88. The highest BCUT2D eigenvalue weighted by atomic mass is 35.5. The zero-order chi connectivity index (χ0) is 13.6. The lowest BCUT2D eigenvalue weighted by atomic mass is 10.2. The number of aromatic nitrogens is 3. The van der Waals surface area contributed by atoms with E-state index in [9.17, 15) is 0 Å². The molecule has 0 bridgehead atoms. The number of nitrogen functional groups attached to an aromatic ring is 1. The van der Waals surface area contributed by atoms with Gasteiger partial charge in [0.25, 0.3) is 0 Å². The molecule has 0 radical (unpaired) electrons. The number of fused-ring (bicyclic) bond motifs is 1. The Morgan fingerprint density at radius 2 is 1.79 bits per heavy atom. The first-order valence-corrected chi connectivity index (χ1v) is 6.38. The molecule has 4 nitrogen and oxygen atoms in total. The standard InChI is InChI=1S/C13H10Cl2N4/c1-7-2-3-19-11(4-7)17-18-13(19)8-5-9(14)12(16)10(15)6-8/h2-6H,16H2,1H3. The summed E-state index contributed by atoms with van der Waals surface area (Å²) in [7, 11) is 0. The van der Waals surface area contributed by atoms with Crippen molar-refractivity contribution in [2.24, 2.45) is 0 Å². The van der Waals surface area contributed by atoms with Crippen molar-refractivity contribution in [1.82, 2.24) is 14.6 Å². The predicted octanol–water partition coefficient (Wildman–Crippen LogP) is 3.59. The average Bonchev–Trinajstić information content (AvgIpc) is 2.78. The lowest BCUT2D eigenvalue weighted by Gasteiger charge is -2.05. The highest BCUT2D eigenvalue weighted by molar-refractivity contribution is 6.39. The third-order valence-corrected chi connectivity index (χ3v) is 3.53. The molecule has 19 heavy (non-hydrogen) atoms. The van der Waals surface area contributed by atoms with E-state index >= 15 is 0 Å². The van der Waals surface area contributed by atoms with E-state index in [0.29, 0.717) is 21.6 Å². The van der Waals surface area contributed by atoms with E-state index in [4.69, 9.17) is 28.9 Å². The van der Waals surface area contributed by atoms with E-state index in [0.717, 1.165) is 16.8 Å². The Labute approximate surface area is 119 Å². The number of nitrogens with two attached hydrogens (primary N) is 1. The maximum atomic E-state index is 6.05. The maximum Gasteiger partial charge on any atom is 0.168 e. The van der Waals surface area contributed by atoms with Crippen molar-refractivity contribution in [2.45, 2.75) is 6.92 Å². The molecule has 96 valence electrons. The van der Waals surface area contributed by atoms with Gasteiger partial charge in [-0.2, -0.15) is 0 Å². The summed E-state index contributed by atoms with van der Waals surface area (Å²) >= 11 is 12.1. The van der Waals surface area contributed by atoms with E-state index in [1.807, 2.05) is 29.7 Å². The summed E-state index contributed by atoms with van der Waals surface area (Å²) in [5, 5.41) is 9.12. The fourth-order valence-electron chi connectivity index (χ4n) is 1.90. The van der Waals surface area contributed by atoms with Crippen LogP contribution in [0.5, 0.6) is 0 Å². The van der Waals surface area contributed by atoms with Crippen molar-refractivity contribution in [3.05, 3.63) is 46.1 Å². The zero-order valence-corrected chi connectivity index (χ0v) is 11.6. The van der Waals surface area contributed by atoms with Gasteiger partial charge in [0, 0.05) is 11.8 Å². The molecule has 0 spiro atoms. The molecule has 0 aliphatic carbocycles. The summed E-state index contributed by atoms with van der Waals surface area (Å²) in [6.45, 7) is 2.01. The summed E-state index contributed by atoms with van der Waals surface area (Å²) in [4.78, 5) is 0. The third-order valence-electron chi connectivity index (χ3n) is 2.90. The Morgan fingerprint density at radius 1 is 1.11 bits per heavy atom. The van der Waals surface area contributed by atoms with Crippen molar-refractivity contribution < 1.29 is 0 Å². The molecule has 2 aromatic heterocycles. The first-order chi connectivity index (χ1) is 9.06. The topological polar surface area (TPSA) is 56.2 Å². The molecular weight excluding hydrogens is 283 g/mol. The second-order valence-electron chi connectivity index (χ2n) is 4.31. The minimum absolute atomic E-state index is 0.372. The molecule has 6 heteroatoms. The number of benzene rings is 1. The zero-order valence-electron chi connectivity index (χ0n) is 10.1. The van der Waals surface area contributed by atoms with Gasteiger partial charge < -0.3 is 5.73 Å². The molecule has 0 aliphatic rings. The molecule has 0 amide bonds. The molecule has 0 aliphatic heterocycles. The highest BCUT2D eigenvalue weighted by Crippen LogP contribution is 2.32. The lowest BCUT2D eigenvalue weighted by Crippen LogP contribution is -1.93. The van der Waals surface area contributed by atoms with E-state index < -0.39 is 0 Å². The van der Waals surface area contributed by atoms with Crippen LogP contribution in [0.25, 0.3) is 17.0 Å². The summed E-state index contributed by atoms with van der Waals surface area (Å²) in [5.41, 5.74) is 8.78. The van der Waals surface area contributed by atoms with E-state index in [2.05, 4.69) is 10.2 Å². The van der Waals surface area contributed by atoms with Crippen LogP contribution in [0.3, 0.4) is 0 Å². The van der Waals surface area contributed by atoms with Crippen LogP contribution in [0.15, 0.2) is 30.5 Å². The molecule has 0 unspecified atom stereocenters. The van der Waals surface area contributed by atoms with Gasteiger partial charge in [-0.1, -0.05) is 23.2 Å². The van der Waals surface area contributed by atoms with Crippen molar-refractivity contribution in [1.29, 1.82) is 0 Å². The third kappa shape index (κ3) is 2.03. The second-order valence-corrected chi connectivity index (χ2v) is 5.12. The number of hydrogen-bond donors (Lipinski definition) is 1. The van der Waals surface area contributed by atoms with Crippen LogP contribution >= 0.6 is 23.2 Å². The highest BCUT2D eigenvalue weighted by Gasteiger charge is 2.12. The van der Waals surface area contributed by atoms with Gasteiger partial charge in [-0.15, -0.1) is 10.2 Å². The Morgan fingerprint density at radius 3 is 2.47 bits per heavy atom. The average molecular weight is 293 g/mol. The fraction of sp³-hybridized carbons (Fsp3) is 0.0769. The van der Waals surface area contributed by atoms with Crippen molar-refractivity contribution in [3.63, 3.8) is 0 Å². The van der Waals surface area contributed by atoms with Gasteiger partial charge in [0.05, 0.1) is 15.7 Å². The smallest absolute Gasteiger partial charge is 0.168 e. The van der Waals surface area contributed by atoms with Gasteiger partial charge in [0.2, 0.25) is 0 Å². The number of halogens is 2. The van der Waals surface area contributed by atoms with Gasteiger partial charge in [-0.3, -0.25) is 4.40 Å². The summed E-state index contributed by atoms with van der Waals surface area (Å²) in [6, 6.07) is 7.41. The minimum Gasteiger partial charge on any atom is -0.396 e. The second kappa shape index (κ2) is 4.40. The number of hydrogen-bond acceptors (Lipinski definition) is 3. The Hall–Kier alpha value is -1.78. The Balaban J connectivity index is 2.25. The van der Waals surface area contributed by atoms with Crippen LogP contribution in [0, 0.1) is 6.92 Å². The SMILES string of the molecule is Cc1ccn2c(-c3cc(Cl)c(N)c(Cl)c3)nnc2c1. The minimum atomic E-state index is 0.372. The normalized spacial score (nSPS) is 11.1. The van der Waals surface area contributed by atoms with E-state index in [1.54, 1.807) is 12.1 Å². The van der Waals surface area contributed by atoms with Crippen LogP contribution in [0.2, 0.25) is 10.0 Å².